The molecule has 0 aromatic heterocycles. The van der Waals surface area contributed by atoms with Gasteiger partial charge < -0.3 is 9.47 Å². The summed E-state index contributed by atoms with van der Waals surface area (Å²) in [5, 5.41) is 0. The third-order valence-corrected chi connectivity index (χ3v) is 3.88. The molecule has 16 heavy (non-hydrogen) atoms. The highest BCUT2D eigenvalue weighted by Gasteiger charge is 2.41. The van der Waals surface area contributed by atoms with Crippen molar-refractivity contribution in [3.8, 4) is 0 Å². The number of esters is 1. The van der Waals surface area contributed by atoms with E-state index in [9.17, 15) is 4.79 Å². The van der Waals surface area contributed by atoms with Crippen molar-refractivity contribution >= 4 is 5.97 Å². The minimum Gasteiger partial charge on any atom is -0.466 e. The van der Waals surface area contributed by atoms with Crippen molar-refractivity contribution in [2.75, 3.05) is 13.2 Å². The topological polar surface area (TPSA) is 35.5 Å². The Morgan fingerprint density at radius 2 is 2.12 bits per heavy atom. The molecule has 3 nitrogen and oxygen atoms in total. The number of hydrogen-bond donors (Lipinski definition) is 0. The van der Waals surface area contributed by atoms with E-state index in [-0.39, 0.29) is 17.5 Å². The summed E-state index contributed by atoms with van der Waals surface area (Å²) in [6.45, 7) is 3.08. The van der Waals surface area contributed by atoms with Crippen molar-refractivity contribution in [3.05, 3.63) is 0 Å². The van der Waals surface area contributed by atoms with Crippen LogP contribution in [0.4, 0.5) is 0 Å². The third-order valence-electron chi connectivity index (χ3n) is 3.88. The van der Waals surface area contributed by atoms with Crippen LogP contribution < -0.4 is 0 Å². The number of ether oxygens (including phenoxy) is 2. The van der Waals surface area contributed by atoms with E-state index in [4.69, 9.17) is 9.47 Å². The highest BCUT2D eigenvalue weighted by Crippen LogP contribution is 2.40. The Kier molecular flexibility index (Phi) is 3.85. The fourth-order valence-corrected chi connectivity index (χ4v) is 3.03. The van der Waals surface area contributed by atoms with Crippen LogP contribution in [0.2, 0.25) is 0 Å². The van der Waals surface area contributed by atoms with Crippen LogP contribution >= 0.6 is 0 Å². The Labute approximate surface area is 97.5 Å². The molecule has 1 saturated carbocycles. The van der Waals surface area contributed by atoms with Crippen molar-refractivity contribution in [1.82, 2.24) is 0 Å². The zero-order valence-electron chi connectivity index (χ0n) is 10.2. The van der Waals surface area contributed by atoms with Crippen molar-refractivity contribution in [3.63, 3.8) is 0 Å². The lowest BCUT2D eigenvalue weighted by molar-refractivity contribution is -0.163. The summed E-state index contributed by atoms with van der Waals surface area (Å²) in [6, 6.07) is 0. The van der Waals surface area contributed by atoms with Gasteiger partial charge >= 0.3 is 5.97 Å². The van der Waals surface area contributed by atoms with E-state index in [0.717, 1.165) is 32.3 Å². The molecule has 1 atom stereocenters. The Balaban J connectivity index is 1.94. The van der Waals surface area contributed by atoms with Gasteiger partial charge in [0.15, 0.2) is 0 Å². The molecule has 1 saturated heterocycles. The van der Waals surface area contributed by atoms with Crippen LogP contribution in [0.15, 0.2) is 0 Å². The molecule has 0 aromatic rings. The molecule has 2 fully saturated rings. The maximum Gasteiger partial charge on any atom is 0.309 e. The van der Waals surface area contributed by atoms with E-state index in [1.54, 1.807) is 0 Å². The Morgan fingerprint density at radius 3 is 2.81 bits per heavy atom. The average Bonchev–Trinajstić information content (AvgIpc) is 2.30. The van der Waals surface area contributed by atoms with Crippen molar-refractivity contribution in [2.24, 2.45) is 5.92 Å². The van der Waals surface area contributed by atoms with Gasteiger partial charge in [0.05, 0.1) is 18.1 Å². The average molecular weight is 226 g/mol. The fourth-order valence-electron chi connectivity index (χ4n) is 3.03. The lowest BCUT2D eigenvalue weighted by Gasteiger charge is -2.42. The highest BCUT2D eigenvalue weighted by molar-refractivity contribution is 5.72. The van der Waals surface area contributed by atoms with Crippen LogP contribution in [0.3, 0.4) is 0 Å². The van der Waals surface area contributed by atoms with Gasteiger partial charge in [0.25, 0.3) is 0 Å². The number of carbonyl (C=O) groups is 1. The first-order valence-electron chi connectivity index (χ1n) is 6.56. The maximum absolute atomic E-state index is 11.7. The van der Waals surface area contributed by atoms with Crippen LogP contribution in [0.25, 0.3) is 0 Å². The van der Waals surface area contributed by atoms with Crippen LogP contribution in [0, 0.1) is 5.92 Å². The summed E-state index contributed by atoms with van der Waals surface area (Å²) in [7, 11) is 0. The van der Waals surface area contributed by atoms with E-state index in [0.29, 0.717) is 6.61 Å². The molecule has 2 rings (SSSR count). The minimum atomic E-state index is -0.0178. The van der Waals surface area contributed by atoms with Crippen LogP contribution in [0.1, 0.15) is 51.9 Å². The lowest BCUT2D eigenvalue weighted by atomic mass is 9.76. The summed E-state index contributed by atoms with van der Waals surface area (Å²) >= 11 is 0. The van der Waals surface area contributed by atoms with Gasteiger partial charge in [-0.05, 0) is 32.6 Å². The van der Waals surface area contributed by atoms with Gasteiger partial charge in [-0.2, -0.15) is 0 Å². The molecule has 0 amide bonds. The number of carbonyl (C=O) groups excluding carboxylic acids is 1. The second-order valence-corrected chi connectivity index (χ2v) is 5.03. The first kappa shape index (κ1) is 11.9. The smallest absolute Gasteiger partial charge is 0.309 e. The summed E-state index contributed by atoms with van der Waals surface area (Å²) < 4.78 is 11.1. The first-order chi connectivity index (χ1) is 7.76. The van der Waals surface area contributed by atoms with Gasteiger partial charge in [0.2, 0.25) is 0 Å². The predicted molar refractivity (Wildman–Crippen MR) is 61.1 cm³/mol. The Morgan fingerprint density at radius 1 is 1.38 bits per heavy atom. The molecule has 0 N–H and O–H groups in total. The monoisotopic (exact) mass is 226 g/mol. The molecule has 92 valence electrons. The fraction of sp³-hybridized carbons (Fsp3) is 0.923. The van der Waals surface area contributed by atoms with Gasteiger partial charge in [-0.1, -0.05) is 19.3 Å². The third kappa shape index (κ3) is 2.57. The largest absolute Gasteiger partial charge is 0.466 e. The molecule has 0 radical (unpaired) electrons. The van der Waals surface area contributed by atoms with E-state index < -0.39 is 0 Å². The van der Waals surface area contributed by atoms with Crippen molar-refractivity contribution in [1.29, 1.82) is 0 Å². The summed E-state index contributed by atoms with van der Waals surface area (Å²) in [6.07, 6.45) is 7.78. The van der Waals surface area contributed by atoms with Gasteiger partial charge in [-0.3, -0.25) is 4.79 Å². The molecule has 3 heteroatoms. The highest BCUT2D eigenvalue weighted by atomic mass is 16.5. The predicted octanol–water partition coefficient (Wildman–Crippen LogP) is 2.68. The maximum atomic E-state index is 11.7. The van der Waals surface area contributed by atoms with Gasteiger partial charge in [0, 0.05) is 6.61 Å². The zero-order chi connectivity index (χ0) is 11.4. The first-order valence-corrected chi connectivity index (χ1v) is 6.56. The second kappa shape index (κ2) is 5.17. The van der Waals surface area contributed by atoms with E-state index in [1.807, 2.05) is 6.92 Å². The van der Waals surface area contributed by atoms with E-state index in [2.05, 4.69) is 0 Å². The normalized spacial score (nSPS) is 28.9. The molecular weight excluding hydrogens is 204 g/mol. The van der Waals surface area contributed by atoms with Gasteiger partial charge in [-0.25, -0.2) is 0 Å². The molecule has 2 aliphatic rings. The van der Waals surface area contributed by atoms with E-state index >= 15 is 0 Å². The standard InChI is InChI=1S/C13H22O3/c1-2-15-12(14)11-6-9-16-13(10-11)7-4-3-5-8-13/h11H,2-10H2,1H3. The minimum absolute atomic E-state index is 0.00787. The molecular formula is C13H22O3. The van der Waals surface area contributed by atoms with E-state index in [1.165, 1.54) is 19.3 Å². The summed E-state index contributed by atoms with van der Waals surface area (Å²) in [4.78, 5) is 11.7. The van der Waals surface area contributed by atoms with Crippen LogP contribution in [-0.2, 0) is 14.3 Å². The van der Waals surface area contributed by atoms with Gasteiger partial charge in [-0.15, -0.1) is 0 Å². The van der Waals surface area contributed by atoms with Crippen molar-refractivity contribution < 1.29 is 14.3 Å². The SMILES string of the molecule is CCOC(=O)C1CCOC2(CCCCC2)C1. The molecule has 1 spiro atoms. The molecule has 1 aliphatic carbocycles. The Bertz CT molecular complexity index is 238. The number of rotatable bonds is 2. The van der Waals surface area contributed by atoms with Crippen LogP contribution in [-0.4, -0.2) is 24.8 Å². The molecule has 1 heterocycles. The lowest BCUT2D eigenvalue weighted by Crippen LogP contribution is -2.43. The van der Waals surface area contributed by atoms with Gasteiger partial charge in [0.1, 0.15) is 0 Å². The molecule has 1 aliphatic heterocycles. The van der Waals surface area contributed by atoms with Crippen LogP contribution in [0.5, 0.6) is 0 Å². The molecule has 0 bridgehead atoms. The zero-order valence-corrected chi connectivity index (χ0v) is 10.2. The molecule has 0 aromatic carbocycles. The molecule has 1 unspecified atom stereocenters. The summed E-state index contributed by atoms with van der Waals surface area (Å²) in [5.41, 5.74) is 0.00787. The second-order valence-electron chi connectivity index (χ2n) is 5.03. The van der Waals surface area contributed by atoms with Crippen molar-refractivity contribution in [2.45, 2.75) is 57.5 Å². The Hall–Kier alpha value is -0.570. The summed E-state index contributed by atoms with van der Waals surface area (Å²) in [5.74, 6) is 0.0579. The quantitative estimate of drug-likeness (QED) is 0.679. The number of hydrogen-bond acceptors (Lipinski definition) is 3.